The second-order valence-electron chi connectivity index (χ2n) is 3.86. The van der Waals surface area contributed by atoms with Crippen LogP contribution in [0.25, 0.3) is 0 Å². The first kappa shape index (κ1) is 11.5. The minimum atomic E-state index is -0.800. The van der Waals surface area contributed by atoms with Crippen molar-refractivity contribution in [2.24, 2.45) is 11.1 Å². The summed E-state index contributed by atoms with van der Waals surface area (Å²) < 4.78 is 0. The van der Waals surface area contributed by atoms with Crippen molar-refractivity contribution in [2.75, 3.05) is 6.54 Å². The van der Waals surface area contributed by atoms with Crippen molar-refractivity contribution in [3.63, 3.8) is 0 Å². The zero-order valence-electron chi connectivity index (χ0n) is 8.10. The Hall–Kier alpha value is -1.46. The maximum absolute atomic E-state index is 10.9. The van der Waals surface area contributed by atoms with E-state index in [9.17, 15) is 9.59 Å². The molecule has 0 bridgehead atoms. The molecule has 0 aliphatic rings. The summed E-state index contributed by atoms with van der Waals surface area (Å²) in [5.74, 6) is 0. The molecule has 0 spiro atoms. The van der Waals surface area contributed by atoms with E-state index in [-0.39, 0.29) is 5.41 Å². The van der Waals surface area contributed by atoms with Crippen molar-refractivity contribution in [3.05, 3.63) is 0 Å². The van der Waals surface area contributed by atoms with Gasteiger partial charge >= 0.3 is 12.1 Å². The molecule has 0 aromatic heterocycles. The average Bonchev–Trinajstić information content (AvgIpc) is 1.95. The lowest BCUT2D eigenvalue weighted by molar-refractivity contribution is 0.224. The van der Waals surface area contributed by atoms with Gasteiger partial charge < -0.3 is 11.1 Å². The van der Waals surface area contributed by atoms with E-state index in [0.29, 0.717) is 6.54 Å². The Morgan fingerprint density at radius 3 is 2.15 bits per heavy atom. The number of hydrogen-bond donors (Lipinski definition) is 4. The number of carbonyl (C=O) groups excluding carboxylic acids is 2. The normalized spacial score (nSPS) is 10.4. The molecule has 0 rings (SSSR count). The number of nitrogens with two attached hydrogens (primary N) is 1. The van der Waals surface area contributed by atoms with Crippen LogP contribution in [0, 0.1) is 5.41 Å². The van der Waals surface area contributed by atoms with Crippen LogP contribution in [0.3, 0.4) is 0 Å². The van der Waals surface area contributed by atoms with Gasteiger partial charge in [0.2, 0.25) is 0 Å². The first-order chi connectivity index (χ1) is 5.81. The smallest absolute Gasteiger partial charge is 0.333 e. The Labute approximate surface area is 77.2 Å². The molecule has 6 heteroatoms. The molecule has 0 aliphatic heterocycles. The number of carbonyl (C=O) groups is 2. The Morgan fingerprint density at radius 1 is 1.23 bits per heavy atom. The highest BCUT2D eigenvalue weighted by atomic mass is 16.2. The minimum Gasteiger partial charge on any atom is -0.350 e. The van der Waals surface area contributed by atoms with Crippen molar-refractivity contribution < 1.29 is 9.59 Å². The summed E-state index contributed by atoms with van der Waals surface area (Å²) in [5.41, 5.74) is 8.77. The summed E-state index contributed by atoms with van der Waals surface area (Å²) in [7, 11) is 0. The number of hydrazine groups is 1. The molecule has 5 N–H and O–H groups in total. The van der Waals surface area contributed by atoms with Crippen molar-refractivity contribution in [1.82, 2.24) is 16.2 Å². The van der Waals surface area contributed by atoms with Crippen LogP contribution in [-0.2, 0) is 0 Å². The fourth-order valence-corrected chi connectivity index (χ4v) is 0.508. The quantitative estimate of drug-likeness (QED) is 0.433. The Kier molecular flexibility index (Phi) is 4.03. The number of amides is 4. The molecule has 13 heavy (non-hydrogen) atoms. The standard InChI is InChI=1S/C7H16N4O2/c1-7(2,3)4-9-6(13)11-10-5(8)12/h4H2,1-3H3,(H3,8,10,12)(H2,9,11,13). The molecule has 0 radical (unpaired) electrons. The first-order valence-corrected chi connectivity index (χ1v) is 3.90. The van der Waals surface area contributed by atoms with E-state index in [4.69, 9.17) is 5.73 Å². The maximum Gasteiger partial charge on any atom is 0.333 e. The van der Waals surface area contributed by atoms with Gasteiger partial charge in [-0.3, -0.25) is 0 Å². The second kappa shape index (κ2) is 4.54. The van der Waals surface area contributed by atoms with Crippen LogP contribution in [0.4, 0.5) is 9.59 Å². The predicted molar refractivity (Wildman–Crippen MR) is 48.7 cm³/mol. The predicted octanol–water partition coefficient (Wildman–Crippen LogP) is -0.0850. The van der Waals surface area contributed by atoms with E-state index in [1.165, 1.54) is 0 Å². The molecule has 0 aromatic rings. The van der Waals surface area contributed by atoms with Gasteiger partial charge in [-0.1, -0.05) is 20.8 Å². The Balaban J connectivity index is 3.58. The average molecular weight is 188 g/mol. The van der Waals surface area contributed by atoms with Gasteiger partial charge in [0.1, 0.15) is 0 Å². The van der Waals surface area contributed by atoms with Crippen LogP contribution in [0.1, 0.15) is 20.8 Å². The first-order valence-electron chi connectivity index (χ1n) is 3.90. The van der Waals surface area contributed by atoms with Gasteiger partial charge in [-0.15, -0.1) is 0 Å². The van der Waals surface area contributed by atoms with E-state index in [1.807, 2.05) is 26.2 Å². The summed E-state index contributed by atoms with van der Waals surface area (Å²) in [5, 5.41) is 2.56. The van der Waals surface area contributed by atoms with Crippen LogP contribution in [0.15, 0.2) is 0 Å². The summed E-state index contributed by atoms with van der Waals surface area (Å²) in [6.45, 7) is 6.46. The van der Waals surface area contributed by atoms with Crippen molar-refractivity contribution in [3.8, 4) is 0 Å². The summed E-state index contributed by atoms with van der Waals surface area (Å²) in [4.78, 5) is 21.1. The topological polar surface area (TPSA) is 96.2 Å². The fraction of sp³-hybridized carbons (Fsp3) is 0.714. The lowest BCUT2D eigenvalue weighted by Gasteiger charge is -2.18. The molecule has 0 aliphatic carbocycles. The van der Waals surface area contributed by atoms with Gasteiger partial charge in [-0.2, -0.15) is 0 Å². The third-order valence-corrected chi connectivity index (χ3v) is 1.08. The van der Waals surface area contributed by atoms with E-state index < -0.39 is 12.1 Å². The van der Waals surface area contributed by atoms with Crippen LogP contribution in [0.5, 0.6) is 0 Å². The Bertz CT molecular complexity index is 197. The van der Waals surface area contributed by atoms with Crippen LogP contribution in [-0.4, -0.2) is 18.6 Å². The second-order valence-corrected chi connectivity index (χ2v) is 3.86. The van der Waals surface area contributed by atoms with Gasteiger partial charge in [-0.05, 0) is 5.41 Å². The summed E-state index contributed by atoms with van der Waals surface area (Å²) >= 11 is 0. The third kappa shape index (κ3) is 8.45. The lowest BCUT2D eigenvalue weighted by Crippen LogP contribution is -2.50. The molecule has 0 unspecified atom stereocenters. The van der Waals surface area contributed by atoms with Crippen LogP contribution in [0.2, 0.25) is 0 Å². The molecule has 0 fully saturated rings. The van der Waals surface area contributed by atoms with Gasteiger partial charge in [-0.25, -0.2) is 20.4 Å². The number of urea groups is 2. The molecule has 0 atom stereocenters. The SMILES string of the molecule is CC(C)(C)CNC(=O)NNC(N)=O. The highest BCUT2D eigenvalue weighted by molar-refractivity contribution is 5.78. The molecular weight excluding hydrogens is 172 g/mol. The molecule has 0 heterocycles. The lowest BCUT2D eigenvalue weighted by atomic mass is 9.97. The van der Waals surface area contributed by atoms with Crippen molar-refractivity contribution >= 4 is 12.1 Å². The van der Waals surface area contributed by atoms with E-state index >= 15 is 0 Å². The third-order valence-electron chi connectivity index (χ3n) is 1.08. The van der Waals surface area contributed by atoms with E-state index in [2.05, 4.69) is 10.7 Å². The highest BCUT2D eigenvalue weighted by Gasteiger charge is 2.11. The largest absolute Gasteiger partial charge is 0.350 e. The van der Waals surface area contributed by atoms with Crippen molar-refractivity contribution in [2.45, 2.75) is 20.8 Å². The maximum atomic E-state index is 10.9. The number of nitrogens with one attached hydrogen (secondary N) is 3. The molecule has 0 saturated heterocycles. The number of hydrogen-bond acceptors (Lipinski definition) is 2. The zero-order valence-corrected chi connectivity index (χ0v) is 8.10. The van der Waals surface area contributed by atoms with Gasteiger partial charge in [0.15, 0.2) is 0 Å². The van der Waals surface area contributed by atoms with Gasteiger partial charge in [0.05, 0.1) is 0 Å². The van der Waals surface area contributed by atoms with Crippen molar-refractivity contribution in [1.29, 1.82) is 0 Å². The Morgan fingerprint density at radius 2 is 1.77 bits per heavy atom. The zero-order chi connectivity index (χ0) is 10.5. The van der Waals surface area contributed by atoms with Gasteiger partial charge in [0, 0.05) is 6.54 Å². The highest BCUT2D eigenvalue weighted by Crippen LogP contribution is 2.09. The van der Waals surface area contributed by atoms with E-state index in [1.54, 1.807) is 0 Å². The summed E-state index contributed by atoms with van der Waals surface area (Å²) in [6, 6.07) is -1.28. The minimum absolute atomic E-state index is 0.00403. The number of primary amides is 1. The molecule has 0 aromatic carbocycles. The van der Waals surface area contributed by atoms with Crippen LogP contribution < -0.4 is 21.9 Å². The molecule has 76 valence electrons. The molecular formula is C7H16N4O2. The monoisotopic (exact) mass is 188 g/mol. The van der Waals surface area contributed by atoms with Gasteiger partial charge in [0.25, 0.3) is 0 Å². The molecule has 0 saturated carbocycles. The molecule has 6 nitrogen and oxygen atoms in total. The van der Waals surface area contributed by atoms with E-state index in [0.717, 1.165) is 0 Å². The number of rotatable bonds is 1. The molecule has 4 amide bonds. The fourth-order valence-electron chi connectivity index (χ4n) is 0.508. The van der Waals surface area contributed by atoms with Crippen LogP contribution >= 0.6 is 0 Å². The summed E-state index contributed by atoms with van der Waals surface area (Å²) in [6.07, 6.45) is 0.